The maximum atomic E-state index is 8.19. The number of amidine groups is 1. The van der Waals surface area contributed by atoms with E-state index in [2.05, 4.69) is 17.1 Å². The normalized spacial score (nSPS) is 15.5. The molecule has 1 aromatic rings. The van der Waals surface area contributed by atoms with E-state index in [1.807, 2.05) is 24.3 Å². The van der Waals surface area contributed by atoms with E-state index in [1.54, 1.807) is 0 Å². The maximum Gasteiger partial charge on any atom is 0.128 e. The summed E-state index contributed by atoms with van der Waals surface area (Å²) in [5.74, 6) is 1.49. The van der Waals surface area contributed by atoms with Crippen molar-refractivity contribution in [3.05, 3.63) is 29.8 Å². The minimum atomic E-state index is 0.610. The summed E-state index contributed by atoms with van der Waals surface area (Å²) in [7, 11) is 0. The van der Waals surface area contributed by atoms with Crippen LogP contribution in [0.2, 0.25) is 0 Å². The Hall–Kier alpha value is -1.55. The Bertz CT molecular complexity index is 383. The second kappa shape index (κ2) is 6.40. The first-order valence-corrected chi connectivity index (χ1v) is 6.58. The Labute approximate surface area is 108 Å². The van der Waals surface area contributed by atoms with Crippen LogP contribution in [0.5, 0.6) is 5.75 Å². The fraction of sp³-hybridized carbons (Fsp3) is 0.500. The second-order valence-electron chi connectivity index (χ2n) is 4.46. The summed E-state index contributed by atoms with van der Waals surface area (Å²) in [4.78, 5) is 2.11. The summed E-state index contributed by atoms with van der Waals surface area (Å²) < 4.78 is 5.54. The van der Waals surface area contributed by atoms with Gasteiger partial charge in [0.2, 0.25) is 0 Å². The smallest absolute Gasteiger partial charge is 0.128 e. The Morgan fingerprint density at radius 1 is 1.28 bits per heavy atom. The van der Waals surface area contributed by atoms with Crippen molar-refractivity contribution in [3.8, 4) is 5.75 Å². The molecule has 0 amide bonds. The molecule has 4 heteroatoms. The van der Waals surface area contributed by atoms with Crippen LogP contribution < -0.4 is 10.1 Å². The van der Waals surface area contributed by atoms with Crippen LogP contribution in [0.15, 0.2) is 24.3 Å². The monoisotopic (exact) mass is 247 g/mol. The third kappa shape index (κ3) is 3.23. The van der Waals surface area contributed by atoms with Crippen LogP contribution in [-0.4, -0.2) is 43.5 Å². The van der Waals surface area contributed by atoms with Gasteiger partial charge in [-0.15, -0.1) is 0 Å². The number of rotatable bonds is 4. The number of hydrogen-bond donors (Lipinski definition) is 2. The van der Waals surface area contributed by atoms with Crippen molar-refractivity contribution in [3.63, 3.8) is 0 Å². The lowest BCUT2D eigenvalue weighted by Crippen LogP contribution is -2.46. The van der Waals surface area contributed by atoms with Crippen LogP contribution >= 0.6 is 0 Å². The van der Waals surface area contributed by atoms with E-state index < -0.39 is 0 Å². The van der Waals surface area contributed by atoms with E-state index in [0.29, 0.717) is 5.84 Å². The van der Waals surface area contributed by atoms with Gasteiger partial charge in [0.1, 0.15) is 11.6 Å². The molecule has 1 fully saturated rings. The van der Waals surface area contributed by atoms with Crippen LogP contribution in [-0.2, 0) is 0 Å². The molecule has 1 aliphatic rings. The van der Waals surface area contributed by atoms with Gasteiger partial charge in [-0.1, -0.05) is 6.92 Å². The lowest BCUT2D eigenvalue weighted by atomic mass is 10.1. The first-order chi connectivity index (χ1) is 8.81. The van der Waals surface area contributed by atoms with Crippen LogP contribution in [0.3, 0.4) is 0 Å². The number of piperazine rings is 1. The number of nitrogens with one attached hydrogen (secondary N) is 2. The fourth-order valence-corrected chi connectivity index (χ4v) is 2.00. The summed E-state index contributed by atoms with van der Waals surface area (Å²) in [6, 6.07) is 7.83. The Balaban J connectivity index is 1.97. The van der Waals surface area contributed by atoms with Gasteiger partial charge in [-0.2, -0.15) is 0 Å². The molecule has 0 spiro atoms. The van der Waals surface area contributed by atoms with Gasteiger partial charge in [0, 0.05) is 31.7 Å². The van der Waals surface area contributed by atoms with Gasteiger partial charge >= 0.3 is 0 Å². The Morgan fingerprint density at radius 3 is 2.56 bits per heavy atom. The summed E-state index contributed by atoms with van der Waals surface area (Å²) in [5.41, 5.74) is 0.959. The largest absolute Gasteiger partial charge is 0.494 e. The van der Waals surface area contributed by atoms with Crippen LogP contribution in [0.25, 0.3) is 0 Å². The molecular formula is C14H21N3O. The molecule has 0 aromatic heterocycles. The van der Waals surface area contributed by atoms with Gasteiger partial charge in [-0.25, -0.2) is 0 Å². The highest BCUT2D eigenvalue weighted by molar-refractivity contribution is 5.96. The predicted octanol–water partition coefficient (Wildman–Crippen LogP) is 1.71. The number of nitrogens with zero attached hydrogens (tertiary/aromatic N) is 1. The van der Waals surface area contributed by atoms with Gasteiger partial charge in [0.25, 0.3) is 0 Å². The summed E-state index contributed by atoms with van der Waals surface area (Å²) in [6.07, 6.45) is 1.01. The first-order valence-electron chi connectivity index (χ1n) is 6.58. The molecule has 0 aliphatic carbocycles. The van der Waals surface area contributed by atoms with Gasteiger partial charge in [-0.05, 0) is 30.7 Å². The molecule has 2 N–H and O–H groups in total. The van der Waals surface area contributed by atoms with Crippen molar-refractivity contribution in [2.45, 2.75) is 13.3 Å². The van der Waals surface area contributed by atoms with E-state index in [9.17, 15) is 0 Å². The number of benzene rings is 1. The van der Waals surface area contributed by atoms with Crippen molar-refractivity contribution in [1.29, 1.82) is 5.41 Å². The highest BCUT2D eigenvalue weighted by atomic mass is 16.5. The lowest BCUT2D eigenvalue weighted by Gasteiger charge is -2.29. The van der Waals surface area contributed by atoms with Gasteiger partial charge in [0.05, 0.1) is 6.61 Å². The van der Waals surface area contributed by atoms with E-state index in [0.717, 1.165) is 50.5 Å². The van der Waals surface area contributed by atoms with Crippen LogP contribution in [0, 0.1) is 5.41 Å². The molecular weight excluding hydrogens is 226 g/mol. The molecule has 1 aromatic carbocycles. The quantitative estimate of drug-likeness (QED) is 0.629. The summed E-state index contributed by atoms with van der Waals surface area (Å²) in [5, 5.41) is 11.5. The molecule has 0 bridgehead atoms. The predicted molar refractivity (Wildman–Crippen MR) is 73.5 cm³/mol. The molecule has 0 unspecified atom stereocenters. The average Bonchev–Trinajstić information content (AvgIpc) is 2.46. The third-order valence-electron chi connectivity index (χ3n) is 3.03. The maximum absolute atomic E-state index is 8.19. The standard InChI is InChI=1S/C14H21N3O/c1-2-11-18-13-5-3-12(4-6-13)14(15)17-9-7-16-8-10-17/h3-6,15-16H,2,7-11H2,1H3. The molecule has 0 radical (unpaired) electrons. The molecule has 98 valence electrons. The molecule has 1 aliphatic heterocycles. The molecule has 18 heavy (non-hydrogen) atoms. The van der Waals surface area contributed by atoms with Gasteiger partial charge in [0.15, 0.2) is 0 Å². The van der Waals surface area contributed by atoms with Crippen LogP contribution in [0.4, 0.5) is 0 Å². The number of hydrogen-bond acceptors (Lipinski definition) is 3. The minimum absolute atomic E-state index is 0.610. The fourth-order valence-electron chi connectivity index (χ4n) is 2.00. The highest BCUT2D eigenvalue weighted by Gasteiger charge is 2.14. The molecule has 1 saturated heterocycles. The molecule has 0 saturated carbocycles. The van der Waals surface area contributed by atoms with Crippen molar-refractivity contribution >= 4 is 5.84 Å². The first kappa shape index (κ1) is 12.9. The van der Waals surface area contributed by atoms with E-state index in [-0.39, 0.29) is 0 Å². The SMILES string of the molecule is CCCOc1ccc(C(=N)N2CCNCC2)cc1. The second-order valence-corrected chi connectivity index (χ2v) is 4.46. The molecule has 0 atom stereocenters. The topological polar surface area (TPSA) is 48.4 Å². The zero-order valence-electron chi connectivity index (χ0n) is 10.9. The van der Waals surface area contributed by atoms with E-state index >= 15 is 0 Å². The molecule has 1 heterocycles. The third-order valence-corrected chi connectivity index (χ3v) is 3.03. The summed E-state index contributed by atoms with van der Waals surface area (Å²) in [6.45, 7) is 6.57. The van der Waals surface area contributed by atoms with Crippen molar-refractivity contribution in [2.24, 2.45) is 0 Å². The van der Waals surface area contributed by atoms with Crippen molar-refractivity contribution in [2.75, 3.05) is 32.8 Å². The zero-order valence-corrected chi connectivity index (χ0v) is 10.9. The van der Waals surface area contributed by atoms with Crippen LogP contribution in [0.1, 0.15) is 18.9 Å². The van der Waals surface area contributed by atoms with Gasteiger partial charge < -0.3 is 15.0 Å². The Kier molecular flexibility index (Phi) is 4.59. The molecule has 4 nitrogen and oxygen atoms in total. The average molecular weight is 247 g/mol. The minimum Gasteiger partial charge on any atom is -0.494 e. The summed E-state index contributed by atoms with van der Waals surface area (Å²) >= 11 is 0. The van der Waals surface area contributed by atoms with Gasteiger partial charge in [-0.3, -0.25) is 5.41 Å². The van der Waals surface area contributed by atoms with Crippen molar-refractivity contribution < 1.29 is 4.74 Å². The Morgan fingerprint density at radius 2 is 1.94 bits per heavy atom. The highest BCUT2D eigenvalue weighted by Crippen LogP contribution is 2.14. The lowest BCUT2D eigenvalue weighted by molar-refractivity contribution is 0.317. The zero-order chi connectivity index (χ0) is 12.8. The molecule has 2 rings (SSSR count). The van der Waals surface area contributed by atoms with Crippen molar-refractivity contribution in [1.82, 2.24) is 10.2 Å². The van der Waals surface area contributed by atoms with E-state index in [1.165, 1.54) is 0 Å². The van der Waals surface area contributed by atoms with E-state index in [4.69, 9.17) is 10.1 Å². The number of ether oxygens (including phenoxy) is 1.